The molecule has 0 spiro atoms. The summed E-state index contributed by atoms with van der Waals surface area (Å²) in [6.07, 6.45) is 0. The zero-order chi connectivity index (χ0) is 5.15. The number of rotatable bonds is 1. The zero-order valence-corrected chi connectivity index (χ0v) is 6.51. The van der Waals surface area contributed by atoms with Gasteiger partial charge < -0.3 is 5.71 Å². The van der Waals surface area contributed by atoms with Crippen molar-refractivity contribution in [3.63, 3.8) is 0 Å². The van der Waals surface area contributed by atoms with Crippen LogP contribution in [0.1, 0.15) is 19.6 Å². The van der Waals surface area contributed by atoms with Crippen molar-refractivity contribution in [2.45, 2.75) is 13.8 Å². The van der Waals surface area contributed by atoms with Crippen molar-refractivity contribution in [3.8, 4) is 0 Å². The van der Waals surface area contributed by atoms with Crippen molar-refractivity contribution in [1.82, 2.24) is 0 Å². The fourth-order valence-corrected chi connectivity index (χ4v) is 0. The summed E-state index contributed by atoms with van der Waals surface area (Å²) in [6.45, 7) is 11.2. The molecular formula is C6H14Ru. The normalized spacial score (nSPS) is 6.57. The van der Waals surface area contributed by atoms with Crippen molar-refractivity contribution in [2.24, 2.45) is 0 Å². The van der Waals surface area contributed by atoms with Crippen molar-refractivity contribution >= 4 is 0 Å². The molecule has 0 aliphatic rings. The first-order chi connectivity index (χ1) is 2.64. The topological polar surface area (TPSA) is 0 Å². The molecule has 0 aliphatic heterocycles. The molecule has 0 aromatic heterocycles. The summed E-state index contributed by atoms with van der Waals surface area (Å²) in [5, 5.41) is 0. The standard InChI is InChI=1S/C6H10.Ru.4H/c1-5(2)6(3)4;;;;;/h1,3H2,2,4H3;;;;;/q;+4;4*-1. The molecule has 0 aromatic carbocycles. The van der Waals surface area contributed by atoms with E-state index in [0.29, 0.717) is 0 Å². The van der Waals surface area contributed by atoms with Crippen molar-refractivity contribution < 1.29 is 25.2 Å². The quantitative estimate of drug-likeness (QED) is 0.437. The predicted octanol–water partition coefficient (Wildman–Crippen LogP) is 2.59. The third-order valence-corrected chi connectivity index (χ3v) is 0.729. The number of hydrogen-bond acceptors (Lipinski definition) is 0. The van der Waals surface area contributed by atoms with Crippen molar-refractivity contribution in [1.29, 1.82) is 0 Å². The molecule has 1 heteroatoms. The molecule has 0 radical (unpaired) electrons. The maximum absolute atomic E-state index is 3.66. The van der Waals surface area contributed by atoms with Gasteiger partial charge in [-0.05, 0) is 13.8 Å². The fraction of sp³-hybridized carbons (Fsp3) is 0.333. The summed E-state index contributed by atoms with van der Waals surface area (Å²) >= 11 is 0. The van der Waals surface area contributed by atoms with Crippen molar-refractivity contribution in [3.05, 3.63) is 24.3 Å². The van der Waals surface area contributed by atoms with Gasteiger partial charge >= 0.3 is 19.5 Å². The van der Waals surface area contributed by atoms with Gasteiger partial charge in [0.05, 0.1) is 0 Å². The Kier molecular flexibility index (Phi) is 6.19. The summed E-state index contributed by atoms with van der Waals surface area (Å²) in [5.41, 5.74) is 2.13. The van der Waals surface area contributed by atoms with Crippen LogP contribution in [0.25, 0.3) is 0 Å². The van der Waals surface area contributed by atoms with Gasteiger partial charge in [0.2, 0.25) is 0 Å². The van der Waals surface area contributed by atoms with Gasteiger partial charge in [-0.2, -0.15) is 0 Å². The molecule has 0 saturated carbocycles. The molecule has 0 aromatic rings. The maximum atomic E-state index is 3.66. The van der Waals surface area contributed by atoms with E-state index in [1.807, 2.05) is 13.8 Å². The zero-order valence-electron chi connectivity index (χ0n) is 8.77. The van der Waals surface area contributed by atoms with Gasteiger partial charge in [0.25, 0.3) is 0 Å². The molecule has 0 N–H and O–H groups in total. The van der Waals surface area contributed by atoms with Crippen LogP contribution >= 0.6 is 0 Å². The van der Waals surface area contributed by atoms with Gasteiger partial charge in [-0.1, -0.05) is 24.3 Å². The third kappa shape index (κ3) is 6.10. The van der Waals surface area contributed by atoms with E-state index in [1.54, 1.807) is 0 Å². The van der Waals surface area contributed by atoms with Crippen LogP contribution < -0.4 is 0 Å². The second-order valence-corrected chi connectivity index (χ2v) is 1.56. The molecule has 46 valence electrons. The Hall–Kier alpha value is 0.103. The Morgan fingerprint density at radius 2 is 1.29 bits per heavy atom. The smallest absolute Gasteiger partial charge is 1.00 e. The molecule has 0 aliphatic carbocycles. The third-order valence-electron chi connectivity index (χ3n) is 0.729. The van der Waals surface area contributed by atoms with E-state index >= 15 is 0 Å². The molecule has 0 heterocycles. The summed E-state index contributed by atoms with van der Waals surface area (Å²) < 4.78 is 0. The molecule has 0 amide bonds. The molecule has 0 atom stereocenters. The summed E-state index contributed by atoms with van der Waals surface area (Å²) in [4.78, 5) is 0. The van der Waals surface area contributed by atoms with E-state index < -0.39 is 0 Å². The van der Waals surface area contributed by atoms with E-state index in [9.17, 15) is 0 Å². The summed E-state index contributed by atoms with van der Waals surface area (Å²) in [7, 11) is 0. The van der Waals surface area contributed by atoms with Crippen LogP contribution in [0, 0.1) is 0 Å². The van der Waals surface area contributed by atoms with E-state index in [2.05, 4.69) is 13.2 Å². The van der Waals surface area contributed by atoms with Crippen molar-refractivity contribution in [2.75, 3.05) is 0 Å². The van der Waals surface area contributed by atoms with Crippen LogP contribution in [0.15, 0.2) is 24.3 Å². The van der Waals surface area contributed by atoms with E-state index in [0.717, 1.165) is 11.1 Å². The summed E-state index contributed by atoms with van der Waals surface area (Å²) in [6, 6.07) is 0. The Bertz CT molecular complexity index is 80.6. The molecule has 0 bridgehead atoms. The summed E-state index contributed by atoms with van der Waals surface area (Å²) in [5.74, 6) is 0. The minimum atomic E-state index is 0. The van der Waals surface area contributed by atoms with Crippen LogP contribution in [0.4, 0.5) is 0 Å². The molecule has 0 fully saturated rings. The monoisotopic (exact) mass is 188 g/mol. The Morgan fingerprint density at radius 3 is 1.29 bits per heavy atom. The first-order valence-corrected chi connectivity index (χ1v) is 1.96. The number of hydrogen-bond donors (Lipinski definition) is 0. The first-order valence-electron chi connectivity index (χ1n) is 1.96. The second kappa shape index (κ2) is 4.27. The van der Waals surface area contributed by atoms with Gasteiger partial charge in [0.15, 0.2) is 0 Å². The molecule has 0 nitrogen and oxygen atoms in total. The molecular weight excluding hydrogens is 173 g/mol. The Labute approximate surface area is 64.0 Å². The second-order valence-electron chi connectivity index (χ2n) is 1.56. The Balaban J connectivity index is -0.0000000125. The SMILES string of the molecule is C=C(C)C(=C)C.[H-].[H-].[H-].[H-].[Ru+4]. The molecule has 0 saturated heterocycles. The number of allylic oxidation sites excluding steroid dienone is 2. The molecule has 0 rings (SSSR count). The van der Waals surface area contributed by atoms with Crippen LogP contribution in [0.2, 0.25) is 0 Å². The van der Waals surface area contributed by atoms with Crippen LogP contribution in [0.5, 0.6) is 0 Å². The minimum Gasteiger partial charge on any atom is -1.00 e. The van der Waals surface area contributed by atoms with Crippen LogP contribution in [-0.2, 0) is 19.5 Å². The van der Waals surface area contributed by atoms with Gasteiger partial charge in [0, 0.05) is 0 Å². The van der Waals surface area contributed by atoms with E-state index in [1.165, 1.54) is 0 Å². The van der Waals surface area contributed by atoms with E-state index in [4.69, 9.17) is 0 Å². The van der Waals surface area contributed by atoms with Gasteiger partial charge in [-0.15, -0.1) is 0 Å². The fourth-order valence-electron chi connectivity index (χ4n) is 0. The van der Waals surface area contributed by atoms with Crippen LogP contribution in [0.3, 0.4) is 0 Å². The largest absolute Gasteiger partial charge is 4.00 e. The maximum Gasteiger partial charge on any atom is 4.00 e. The average molecular weight is 187 g/mol. The van der Waals surface area contributed by atoms with Gasteiger partial charge in [-0.25, -0.2) is 0 Å². The molecule has 0 unspecified atom stereocenters. The van der Waals surface area contributed by atoms with Crippen LogP contribution in [-0.4, -0.2) is 0 Å². The predicted molar refractivity (Wildman–Crippen MR) is 34.1 cm³/mol. The Morgan fingerprint density at radius 1 is 1.14 bits per heavy atom. The van der Waals surface area contributed by atoms with Gasteiger partial charge in [0.1, 0.15) is 0 Å². The average Bonchev–Trinajstić information content (AvgIpc) is 1.36. The minimum absolute atomic E-state index is 0. The van der Waals surface area contributed by atoms with E-state index in [-0.39, 0.29) is 25.2 Å². The molecule has 7 heavy (non-hydrogen) atoms. The first kappa shape index (κ1) is 10.2. The van der Waals surface area contributed by atoms with Gasteiger partial charge in [-0.3, -0.25) is 0 Å².